The number of aromatic nitrogens is 2. The Morgan fingerprint density at radius 3 is 2.58 bits per heavy atom. The van der Waals surface area contributed by atoms with E-state index in [2.05, 4.69) is 9.97 Å². The Morgan fingerprint density at radius 1 is 1.11 bits per heavy atom. The van der Waals surface area contributed by atoms with Gasteiger partial charge in [0.05, 0.1) is 19.9 Å². The number of hydrogen-bond acceptors (Lipinski definition) is 4. The van der Waals surface area contributed by atoms with E-state index in [9.17, 15) is 0 Å². The highest BCUT2D eigenvalue weighted by atomic mass is 16.5. The van der Waals surface area contributed by atoms with Gasteiger partial charge < -0.3 is 9.47 Å². The first-order valence-corrected chi connectivity index (χ1v) is 5.91. The van der Waals surface area contributed by atoms with Crippen LogP contribution in [0, 0.1) is 6.92 Å². The number of rotatable bonds is 4. The van der Waals surface area contributed by atoms with Crippen molar-refractivity contribution in [1.29, 1.82) is 0 Å². The van der Waals surface area contributed by atoms with Crippen LogP contribution in [0.3, 0.4) is 0 Å². The molecule has 0 saturated carbocycles. The van der Waals surface area contributed by atoms with Gasteiger partial charge in [-0.05, 0) is 36.8 Å². The van der Waals surface area contributed by atoms with Crippen molar-refractivity contribution in [3.05, 3.63) is 47.5 Å². The van der Waals surface area contributed by atoms with E-state index in [0.29, 0.717) is 0 Å². The quantitative estimate of drug-likeness (QED) is 0.843. The highest BCUT2D eigenvalue weighted by molar-refractivity contribution is 5.73. The smallest absolute Gasteiger partial charge is 0.130 e. The maximum absolute atomic E-state index is 5.39. The summed E-state index contributed by atoms with van der Waals surface area (Å²) < 4.78 is 10.6. The molecule has 0 aliphatic carbocycles. The van der Waals surface area contributed by atoms with E-state index in [-0.39, 0.29) is 0 Å². The molecule has 4 nitrogen and oxygen atoms in total. The molecule has 0 saturated heterocycles. The Labute approximate surface area is 112 Å². The molecule has 0 atom stereocenters. The maximum atomic E-state index is 5.39. The number of hydrogen-bond donors (Lipinski definition) is 0. The van der Waals surface area contributed by atoms with Crippen LogP contribution in [0.4, 0.5) is 0 Å². The largest absolute Gasteiger partial charge is 0.497 e. The normalized spacial score (nSPS) is 10.7. The van der Waals surface area contributed by atoms with Crippen LogP contribution < -0.4 is 9.47 Å². The second kappa shape index (κ2) is 6.00. The zero-order chi connectivity index (χ0) is 13.7. The van der Waals surface area contributed by atoms with E-state index >= 15 is 0 Å². The molecule has 2 aromatic rings. The average Bonchev–Trinajstić information content (AvgIpc) is 2.46. The van der Waals surface area contributed by atoms with Crippen LogP contribution in [-0.2, 0) is 0 Å². The molecule has 1 aromatic heterocycles. The van der Waals surface area contributed by atoms with Gasteiger partial charge in [-0.3, -0.25) is 0 Å². The van der Waals surface area contributed by atoms with Gasteiger partial charge in [0.1, 0.15) is 17.8 Å². The van der Waals surface area contributed by atoms with Crippen molar-refractivity contribution in [2.24, 2.45) is 0 Å². The first-order chi connectivity index (χ1) is 9.24. The van der Waals surface area contributed by atoms with Crippen molar-refractivity contribution in [1.82, 2.24) is 9.97 Å². The minimum absolute atomic E-state index is 0.780. The third-order valence-electron chi connectivity index (χ3n) is 2.80. The van der Waals surface area contributed by atoms with Gasteiger partial charge in [-0.2, -0.15) is 0 Å². The fourth-order valence-corrected chi connectivity index (χ4v) is 1.80. The highest BCUT2D eigenvalue weighted by Crippen LogP contribution is 2.29. The van der Waals surface area contributed by atoms with Crippen LogP contribution in [-0.4, -0.2) is 24.2 Å². The molecule has 2 rings (SSSR count). The molecule has 4 heteroatoms. The molecule has 0 N–H and O–H groups in total. The Kier molecular flexibility index (Phi) is 4.13. The molecule has 98 valence electrons. The Bertz CT molecular complexity index is 580. The summed E-state index contributed by atoms with van der Waals surface area (Å²) in [5.74, 6) is 1.57. The Hall–Kier alpha value is -2.36. The van der Waals surface area contributed by atoms with Gasteiger partial charge in [-0.15, -0.1) is 0 Å². The summed E-state index contributed by atoms with van der Waals surface area (Å²) in [4.78, 5) is 8.04. The Balaban J connectivity index is 2.37. The maximum Gasteiger partial charge on any atom is 0.130 e. The van der Waals surface area contributed by atoms with Gasteiger partial charge in [0.15, 0.2) is 0 Å². The SMILES string of the molecule is COc1cc(C)c(/C=C/c2ccncn2)c(OC)c1. The van der Waals surface area contributed by atoms with Gasteiger partial charge in [0, 0.05) is 17.8 Å². The summed E-state index contributed by atoms with van der Waals surface area (Å²) in [7, 11) is 3.29. The molecule has 0 fully saturated rings. The van der Waals surface area contributed by atoms with Crippen molar-refractivity contribution in [3.63, 3.8) is 0 Å². The molecule has 0 spiro atoms. The number of ether oxygens (including phenoxy) is 2. The van der Waals surface area contributed by atoms with Crippen LogP contribution in [0.2, 0.25) is 0 Å². The van der Waals surface area contributed by atoms with Crippen LogP contribution >= 0.6 is 0 Å². The Morgan fingerprint density at radius 2 is 1.95 bits per heavy atom. The summed E-state index contributed by atoms with van der Waals surface area (Å²) in [5, 5.41) is 0. The van der Waals surface area contributed by atoms with E-state index in [0.717, 1.165) is 28.3 Å². The zero-order valence-electron chi connectivity index (χ0n) is 11.3. The summed E-state index contributed by atoms with van der Waals surface area (Å²) in [6.07, 6.45) is 7.15. The predicted molar refractivity (Wildman–Crippen MR) is 75.2 cm³/mol. The van der Waals surface area contributed by atoms with E-state index in [1.54, 1.807) is 20.4 Å². The lowest BCUT2D eigenvalue weighted by Gasteiger charge is -2.10. The lowest BCUT2D eigenvalue weighted by molar-refractivity contribution is 0.393. The van der Waals surface area contributed by atoms with Crippen LogP contribution in [0.15, 0.2) is 30.7 Å². The fraction of sp³-hybridized carbons (Fsp3) is 0.200. The fourth-order valence-electron chi connectivity index (χ4n) is 1.80. The number of nitrogens with zero attached hydrogens (tertiary/aromatic N) is 2. The predicted octanol–water partition coefficient (Wildman–Crippen LogP) is 2.97. The van der Waals surface area contributed by atoms with Crippen molar-refractivity contribution >= 4 is 12.2 Å². The summed E-state index contributed by atoms with van der Waals surface area (Å²) >= 11 is 0. The van der Waals surface area contributed by atoms with Gasteiger partial charge in [-0.1, -0.05) is 0 Å². The van der Waals surface area contributed by atoms with Crippen LogP contribution in [0.5, 0.6) is 11.5 Å². The monoisotopic (exact) mass is 256 g/mol. The minimum atomic E-state index is 0.780. The standard InChI is InChI=1S/C15H16N2O2/c1-11-8-13(18-2)9-15(19-3)14(11)5-4-12-6-7-16-10-17-12/h4-10H,1-3H3/b5-4+. The van der Waals surface area contributed by atoms with Crippen molar-refractivity contribution in [2.45, 2.75) is 6.92 Å². The minimum Gasteiger partial charge on any atom is -0.497 e. The van der Waals surface area contributed by atoms with Crippen molar-refractivity contribution in [2.75, 3.05) is 14.2 Å². The molecule has 0 radical (unpaired) electrons. The van der Waals surface area contributed by atoms with Gasteiger partial charge in [-0.25, -0.2) is 9.97 Å². The van der Waals surface area contributed by atoms with Crippen molar-refractivity contribution in [3.8, 4) is 11.5 Å². The lowest BCUT2D eigenvalue weighted by Crippen LogP contribution is -1.93. The van der Waals surface area contributed by atoms with E-state index in [1.807, 2.05) is 37.3 Å². The third-order valence-corrected chi connectivity index (χ3v) is 2.80. The molecule has 0 unspecified atom stereocenters. The van der Waals surface area contributed by atoms with Gasteiger partial charge >= 0.3 is 0 Å². The lowest BCUT2D eigenvalue weighted by atomic mass is 10.1. The van der Waals surface area contributed by atoms with E-state index in [4.69, 9.17) is 9.47 Å². The second-order valence-electron chi connectivity index (χ2n) is 4.03. The molecular weight excluding hydrogens is 240 g/mol. The number of benzene rings is 1. The van der Waals surface area contributed by atoms with Crippen LogP contribution in [0.1, 0.15) is 16.8 Å². The first-order valence-electron chi connectivity index (χ1n) is 5.91. The van der Waals surface area contributed by atoms with E-state index in [1.165, 1.54) is 6.33 Å². The molecule has 1 aromatic carbocycles. The van der Waals surface area contributed by atoms with E-state index < -0.39 is 0 Å². The number of aryl methyl sites for hydroxylation is 1. The number of methoxy groups -OCH3 is 2. The zero-order valence-corrected chi connectivity index (χ0v) is 11.3. The highest BCUT2D eigenvalue weighted by Gasteiger charge is 2.06. The second-order valence-corrected chi connectivity index (χ2v) is 4.03. The third kappa shape index (κ3) is 3.10. The van der Waals surface area contributed by atoms with Gasteiger partial charge in [0.2, 0.25) is 0 Å². The molecule has 0 aliphatic heterocycles. The molecule has 0 aliphatic rings. The van der Waals surface area contributed by atoms with Crippen LogP contribution in [0.25, 0.3) is 12.2 Å². The van der Waals surface area contributed by atoms with Crippen molar-refractivity contribution < 1.29 is 9.47 Å². The molecule has 0 bridgehead atoms. The first kappa shape index (κ1) is 13.1. The topological polar surface area (TPSA) is 44.2 Å². The summed E-state index contributed by atoms with van der Waals surface area (Å²) in [5.41, 5.74) is 2.95. The molecule has 19 heavy (non-hydrogen) atoms. The summed E-state index contributed by atoms with van der Waals surface area (Å²) in [6.45, 7) is 2.02. The molecule has 0 amide bonds. The molecular formula is C15H16N2O2. The average molecular weight is 256 g/mol. The van der Waals surface area contributed by atoms with Gasteiger partial charge in [0.25, 0.3) is 0 Å². The summed E-state index contributed by atoms with van der Waals surface area (Å²) in [6, 6.07) is 5.69. The molecule has 1 heterocycles.